The van der Waals surface area contributed by atoms with Crippen LogP contribution in [0.25, 0.3) is 17.0 Å². The van der Waals surface area contributed by atoms with Crippen molar-refractivity contribution in [3.05, 3.63) is 70.9 Å². The lowest BCUT2D eigenvalue weighted by atomic mass is 10.0. The molecule has 3 heteroatoms. The van der Waals surface area contributed by atoms with Crippen LogP contribution < -0.4 is 9.47 Å². The van der Waals surface area contributed by atoms with Crippen LogP contribution in [-0.4, -0.2) is 7.05 Å². The van der Waals surface area contributed by atoms with Crippen molar-refractivity contribution in [3.8, 4) is 0 Å². The number of unbranched alkanes of at least 4 members (excludes halogenated alkanes) is 4. The van der Waals surface area contributed by atoms with Crippen molar-refractivity contribution in [3.63, 3.8) is 0 Å². The van der Waals surface area contributed by atoms with E-state index < -0.39 is 0 Å². The lowest BCUT2D eigenvalue weighted by Crippen LogP contribution is -2.39. The van der Waals surface area contributed by atoms with Crippen molar-refractivity contribution in [2.75, 3.05) is 11.9 Å². The maximum absolute atomic E-state index is 2.60. The molecule has 2 nitrogen and oxygen atoms in total. The summed E-state index contributed by atoms with van der Waals surface area (Å²) < 4.78 is 2.60. The van der Waals surface area contributed by atoms with Gasteiger partial charge in [0.05, 0.1) is 16.1 Å². The number of aromatic nitrogens is 1. The van der Waals surface area contributed by atoms with Gasteiger partial charge in [0, 0.05) is 36.9 Å². The number of nitrogens with zero attached hydrogens (tertiary/aromatic N) is 2. The SMILES string of the molecule is CCCCCC[n+]1c(CCCC)cc(C=C2Sc3ccccc3N2C)c2ccccc21. The van der Waals surface area contributed by atoms with Crippen molar-refractivity contribution in [2.24, 2.45) is 0 Å². The van der Waals surface area contributed by atoms with E-state index in [0.29, 0.717) is 0 Å². The predicted octanol–water partition coefficient (Wildman–Crippen LogP) is 7.59. The highest BCUT2D eigenvalue weighted by molar-refractivity contribution is 8.03. The first-order chi connectivity index (χ1) is 15.2. The average Bonchev–Trinajstić information content (AvgIpc) is 3.12. The number of pyridine rings is 1. The second kappa shape index (κ2) is 10.4. The molecule has 0 saturated carbocycles. The summed E-state index contributed by atoms with van der Waals surface area (Å²) in [6.45, 7) is 5.70. The summed E-state index contributed by atoms with van der Waals surface area (Å²) in [7, 11) is 2.18. The first kappa shape index (κ1) is 22.0. The molecular formula is C28H35N2S+. The molecule has 4 rings (SSSR count). The number of rotatable bonds is 9. The quantitative estimate of drug-likeness (QED) is 0.254. The summed E-state index contributed by atoms with van der Waals surface area (Å²) in [5, 5.41) is 2.66. The number of para-hydroxylation sites is 2. The fourth-order valence-corrected chi connectivity index (χ4v) is 5.57. The van der Waals surface area contributed by atoms with Crippen molar-refractivity contribution >= 4 is 34.4 Å². The van der Waals surface area contributed by atoms with Crippen LogP contribution in [-0.2, 0) is 13.0 Å². The molecule has 0 bridgehead atoms. The van der Waals surface area contributed by atoms with Crippen LogP contribution in [0, 0.1) is 0 Å². The van der Waals surface area contributed by atoms with Crippen LogP contribution in [0.2, 0.25) is 0 Å². The van der Waals surface area contributed by atoms with Crippen LogP contribution in [0.3, 0.4) is 0 Å². The van der Waals surface area contributed by atoms with Crippen molar-refractivity contribution < 1.29 is 4.57 Å². The van der Waals surface area contributed by atoms with Crippen LogP contribution >= 0.6 is 11.8 Å². The van der Waals surface area contributed by atoms with E-state index in [2.05, 4.69) is 91.0 Å². The van der Waals surface area contributed by atoms with Gasteiger partial charge < -0.3 is 4.90 Å². The molecule has 162 valence electrons. The molecule has 1 aliphatic heterocycles. The van der Waals surface area contributed by atoms with Crippen LogP contribution in [0.4, 0.5) is 5.69 Å². The molecule has 0 radical (unpaired) electrons. The van der Waals surface area contributed by atoms with Crippen LogP contribution in [0.15, 0.2) is 64.5 Å². The minimum atomic E-state index is 1.12. The van der Waals surface area contributed by atoms with Crippen molar-refractivity contribution in [1.82, 2.24) is 0 Å². The Balaban J connectivity index is 1.76. The highest BCUT2D eigenvalue weighted by atomic mass is 32.2. The van der Waals surface area contributed by atoms with Gasteiger partial charge in [-0.05, 0) is 42.7 Å². The Labute approximate surface area is 192 Å². The maximum Gasteiger partial charge on any atom is 0.213 e. The fraction of sp³-hybridized carbons (Fsp3) is 0.393. The first-order valence-corrected chi connectivity index (χ1v) is 12.7. The third kappa shape index (κ3) is 4.82. The smallest absolute Gasteiger partial charge is 0.213 e. The number of thioether (sulfide) groups is 1. The second-order valence-corrected chi connectivity index (χ2v) is 9.60. The van der Waals surface area contributed by atoms with Gasteiger partial charge in [-0.1, -0.05) is 69.1 Å². The second-order valence-electron chi connectivity index (χ2n) is 8.54. The molecule has 0 atom stereocenters. The van der Waals surface area contributed by atoms with E-state index in [-0.39, 0.29) is 0 Å². The van der Waals surface area contributed by atoms with E-state index in [1.165, 1.54) is 76.3 Å². The molecule has 0 fully saturated rings. The number of benzene rings is 2. The summed E-state index contributed by atoms with van der Waals surface area (Å²) >= 11 is 1.88. The van der Waals surface area contributed by atoms with Gasteiger partial charge in [0.25, 0.3) is 0 Å². The van der Waals surface area contributed by atoms with E-state index >= 15 is 0 Å². The third-order valence-electron chi connectivity index (χ3n) is 6.25. The van der Waals surface area contributed by atoms with Gasteiger partial charge in [0.2, 0.25) is 5.52 Å². The zero-order valence-electron chi connectivity index (χ0n) is 19.2. The minimum Gasteiger partial charge on any atom is -0.338 e. The lowest BCUT2D eigenvalue weighted by molar-refractivity contribution is -0.679. The molecule has 0 amide bonds. The zero-order chi connectivity index (χ0) is 21.6. The molecule has 2 aromatic carbocycles. The van der Waals surface area contributed by atoms with Crippen LogP contribution in [0.5, 0.6) is 0 Å². The monoisotopic (exact) mass is 431 g/mol. The first-order valence-electron chi connectivity index (χ1n) is 11.9. The summed E-state index contributed by atoms with van der Waals surface area (Å²) in [5.41, 5.74) is 5.50. The largest absolute Gasteiger partial charge is 0.338 e. The van der Waals surface area contributed by atoms with Crippen LogP contribution in [0.1, 0.15) is 63.6 Å². The molecule has 31 heavy (non-hydrogen) atoms. The fourth-order valence-electron chi connectivity index (χ4n) is 4.47. The molecule has 0 spiro atoms. The molecule has 1 aromatic heterocycles. The minimum absolute atomic E-state index is 1.12. The maximum atomic E-state index is 2.60. The van der Waals surface area contributed by atoms with E-state index in [4.69, 9.17) is 0 Å². The predicted molar refractivity (Wildman–Crippen MR) is 136 cm³/mol. The molecular weight excluding hydrogens is 396 g/mol. The average molecular weight is 432 g/mol. The van der Waals surface area contributed by atoms with Crippen molar-refractivity contribution in [1.29, 1.82) is 0 Å². The topological polar surface area (TPSA) is 7.12 Å². The van der Waals surface area contributed by atoms with E-state index in [1.807, 2.05) is 11.8 Å². The highest BCUT2D eigenvalue weighted by Gasteiger charge is 2.23. The Bertz CT molecular complexity index is 1070. The Kier molecular flexibility index (Phi) is 7.34. The summed E-state index contributed by atoms with van der Waals surface area (Å²) in [5.74, 6) is 0. The summed E-state index contributed by atoms with van der Waals surface area (Å²) in [4.78, 5) is 3.67. The molecule has 2 heterocycles. The standard InChI is InChI=1S/C28H35N2S/c1-4-6-8-13-19-30-23(14-7-5-2)20-22(24-15-9-10-16-25(24)30)21-28-29(3)26-17-11-12-18-27(26)31-28/h9-12,15-18,20-21H,4-8,13-14,19H2,1-3H3/q+1. The lowest BCUT2D eigenvalue weighted by Gasteiger charge is -2.15. The van der Waals surface area contributed by atoms with Gasteiger partial charge in [-0.15, -0.1) is 0 Å². The van der Waals surface area contributed by atoms with E-state index in [1.54, 1.807) is 0 Å². The molecule has 0 N–H and O–H groups in total. The normalized spacial score (nSPS) is 14.5. The number of aryl methyl sites for hydroxylation is 2. The number of hydrogen-bond donors (Lipinski definition) is 0. The van der Waals surface area contributed by atoms with Gasteiger partial charge >= 0.3 is 0 Å². The van der Waals surface area contributed by atoms with Gasteiger partial charge in [0.15, 0.2) is 5.69 Å². The van der Waals surface area contributed by atoms with E-state index in [0.717, 1.165) is 13.0 Å². The van der Waals surface area contributed by atoms with Gasteiger partial charge in [-0.3, -0.25) is 0 Å². The molecule has 0 aliphatic carbocycles. The molecule has 1 aliphatic rings. The summed E-state index contributed by atoms with van der Waals surface area (Å²) in [6.07, 6.45) is 11.2. The number of anilines is 1. The molecule has 0 unspecified atom stereocenters. The zero-order valence-corrected chi connectivity index (χ0v) is 20.0. The van der Waals surface area contributed by atoms with Gasteiger partial charge in [-0.2, -0.15) is 4.57 Å². The molecule has 0 saturated heterocycles. The Hall–Kier alpha value is -2.26. The molecule has 3 aromatic rings. The summed E-state index contributed by atoms with van der Waals surface area (Å²) in [6, 6.07) is 20.1. The van der Waals surface area contributed by atoms with E-state index in [9.17, 15) is 0 Å². The Morgan fingerprint density at radius 1 is 0.903 bits per heavy atom. The van der Waals surface area contributed by atoms with Gasteiger partial charge in [-0.25, -0.2) is 0 Å². The Morgan fingerprint density at radius 2 is 1.68 bits per heavy atom. The van der Waals surface area contributed by atoms with Crippen molar-refractivity contribution in [2.45, 2.75) is 70.2 Å². The Morgan fingerprint density at radius 3 is 2.48 bits per heavy atom. The highest BCUT2D eigenvalue weighted by Crippen LogP contribution is 2.45. The van der Waals surface area contributed by atoms with Gasteiger partial charge in [0.1, 0.15) is 6.54 Å². The number of fused-ring (bicyclic) bond motifs is 2. The third-order valence-corrected chi connectivity index (χ3v) is 7.41. The number of hydrogen-bond acceptors (Lipinski definition) is 2.